The Bertz CT molecular complexity index is 1300. The van der Waals surface area contributed by atoms with Gasteiger partial charge in [0, 0.05) is 12.7 Å². The van der Waals surface area contributed by atoms with E-state index in [1.165, 1.54) is 10.9 Å². The largest absolute Gasteiger partial charge is 0.453 e. The molecule has 0 aliphatic heterocycles. The van der Waals surface area contributed by atoms with Gasteiger partial charge in [0.2, 0.25) is 11.9 Å². The molecule has 0 amide bonds. The second-order valence-corrected chi connectivity index (χ2v) is 7.40. The zero-order valence-electron chi connectivity index (χ0n) is 16.1. The molecule has 0 saturated heterocycles. The number of carbonyl (C=O) groups is 1. The average molecular weight is 423 g/mol. The van der Waals surface area contributed by atoms with E-state index in [-0.39, 0.29) is 29.9 Å². The Morgan fingerprint density at radius 2 is 2.00 bits per heavy atom. The third kappa shape index (κ3) is 3.82. The van der Waals surface area contributed by atoms with Gasteiger partial charge in [-0.3, -0.25) is 4.79 Å². The van der Waals surface area contributed by atoms with Gasteiger partial charge in [0.15, 0.2) is 12.4 Å². The minimum Gasteiger partial charge on any atom is -0.453 e. The summed E-state index contributed by atoms with van der Waals surface area (Å²) in [4.78, 5) is 42.2. The lowest BCUT2D eigenvalue weighted by Crippen LogP contribution is -2.16. The van der Waals surface area contributed by atoms with Crippen molar-refractivity contribution in [3.05, 3.63) is 63.3 Å². The highest BCUT2D eigenvalue weighted by atomic mass is 32.1. The number of fused-ring (bicyclic) bond motifs is 1. The predicted octanol–water partition coefficient (Wildman–Crippen LogP) is 2.17. The van der Waals surface area contributed by atoms with Crippen LogP contribution in [0, 0.1) is 6.92 Å². The number of anilines is 3. The molecular formula is C19H17N7O3S. The standard InChI is InChI=1S/C19H17N7O3S/c1-10-13-15(21-9-26(2)16(13)27)30-14(10)17(28)29-8-12-23-18(20)25-19(24-12)22-11-6-4-3-5-7-11/h3-7,9H,8H2,1-2H3,(H3,20,22,23,24,25). The predicted molar refractivity (Wildman–Crippen MR) is 113 cm³/mol. The summed E-state index contributed by atoms with van der Waals surface area (Å²) in [6.07, 6.45) is 1.42. The minimum atomic E-state index is -0.589. The van der Waals surface area contributed by atoms with Gasteiger partial charge in [0.1, 0.15) is 9.71 Å². The Balaban J connectivity index is 1.53. The van der Waals surface area contributed by atoms with E-state index in [1.54, 1.807) is 14.0 Å². The van der Waals surface area contributed by atoms with Crippen LogP contribution in [0.4, 0.5) is 17.6 Å². The molecule has 30 heavy (non-hydrogen) atoms. The van der Waals surface area contributed by atoms with Crippen LogP contribution in [0.25, 0.3) is 10.2 Å². The van der Waals surface area contributed by atoms with Crippen molar-refractivity contribution in [2.45, 2.75) is 13.5 Å². The number of nitrogen functional groups attached to an aromatic ring is 1. The summed E-state index contributed by atoms with van der Waals surface area (Å²) in [6.45, 7) is 1.50. The van der Waals surface area contributed by atoms with Gasteiger partial charge < -0.3 is 20.4 Å². The van der Waals surface area contributed by atoms with Gasteiger partial charge in [0.25, 0.3) is 5.56 Å². The lowest BCUT2D eigenvalue weighted by atomic mass is 10.2. The quantitative estimate of drug-likeness (QED) is 0.462. The number of nitrogens with two attached hydrogens (primary N) is 1. The van der Waals surface area contributed by atoms with Crippen LogP contribution in [0.5, 0.6) is 0 Å². The number of rotatable bonds is 5. The highest BCUT2D eigenvalue weighted by Crippen LogP contribution is 2.27. The summed E-state index contributed by atoms with van der Waals surface area (Å²) in [6, 6.07) is 9.32. The second kappa shape index (κ2) is 7.87. The molecule has 4 aromatic rings. The molecule has 0 bridgehead atoms. The van der Waals surface area contributed by atoms with Crippen LogP contribution in [0.3, 0.4) is 0 Å². The third-order valence-electron chi connectivity index (χ3n) is 4.26. The zero-order valence-corrected chi connectivity index (χ0v) is 16.9. The molecule has 1 aromatic carbocycles. The molecule has 4 rings (SSSR count). The topological polar surface area (TPSA) is 138 Å². The Kier molecular flexibility index (Phi) is 5.11. The summed E-state index contributed by atoms with van der Waals surface area (Å²) < 4.78 is 6.72. The highest BCUT2D eigenvalue weighted by Gasteiger charge is 2.20. The SMILES string of the molecule is Cc1c(C(=O)OCc2nc(N)nc(Nc3ccccc3)n2)sc2ncn(C)c(=O)c12. The molecule has 0 unspecified atom stereocenters. The molecule has 0 atom stereocenters. The molecule has 152 valence electrons. The van der Waals surface area contributed by atoms with Crippen molar-refractivity contribution in [1.82, 2.24) is 24.5 Å². The van der Waals surface area contributed by atoms with Crippen LogP contribution in [0.2, 0.25) is 0 Å². The summed E-state index contributed by atoms with van der Waals surface area (Å²) >= 11 is 1.11. The Morgan fingerprint density at radius 1 is 1.23 bits per heavy atom. The maximum Gasteiger partial charge on any atom is 0.349 e. The Hall–Kier alpha value is -3.86. The van der Waals surface area contributed by atoms with E-state index in [2.05, 4.69) is 25.3 Å². The number of carbonyl (C=O) groups excluding carboxylic acids is 1. The first-order valence-electron chi connectivity index (χ1n) is 8.86. The van der Waals surface area contributed by atoms with E-state index >= 15 is 0 Å². The van der Waals surface area contributed by atoms with Gasteiger partial charge in [-0.1, -0.05) is 18.2 Å². The number of aromatic nitrogens is 5. The second-order valence-electron chi connectivity index (χ2n) is 6.40. The summed E-state index contributed by atoms with van der Waals surface area (Å²) in [5.41, 5.74) is 6.85. The van der Waals surface area contributed by atoms with Gasteiger partial charge in [-0.25, -0.2) is 9.78 Å². The monoisotopic (exact) mass is 423 g/mol. The molecule has 3 aromatic heterocycles. The van der Waals surface area contributed by atoms with Crippen molar-refractivity contribution in [2.75, 3.05) is 11.1 Å². The number of hydrogen-bond donors (Lipinski definition) is 2. The van der Waals surface area contributed by atoms with Crippen molar-refractivity contribution in [3.63, 3.8) is 0 Å². The number of esters is 1. The van der Waals surface area contributed by atoms with E-state index in [1.807, 2.05) is 30.3 Å². The number of hydrogen-bond acceptors (Lipinski definition) is 10. The molecule has 0 spiro atoms. The maximum atomic E-state index is 12.6. The van der Waals surface area contributed by atoms with Gasteiger partial charge in [-0.15, -0.1) is 11.3 Å². The van der Waals surface area contributed by atoms with Crippen LogP contribution in [0.15, 0.2) is 41.5 Å². The summed E-state index contributed by atoms with van der Waals surface area (Å²) in [5.74, 6) is -0.151. The molecule has 0 aliphatic carbocycles. The van der Waals surface area contributed by atoms with E-state index in [0.29, 0.717) is 20.7 Å². The first-order valence-corrected chi connectivity index (χ1v) is 9.68. The molecule has 11 heteroatoms. The first-order chi connectivity index (χ1) is 14.4. The number of nitrogens with zero attached hydrogens (tertiary/aromatic N) is 5. The molecule has 0 fully saturated rings. The summed E-state index contributed by atoms with van der Waals surface area (Å²) in [5, 5.41) is 3.43. The number of benzene rings is 1. The van der Waals surface area contributed by atoms with E-state index < -0.39 is 5.97 Å². The number of nitrogens with one attached hydrogen (secondary N) is 1. The van der Waals surface area contributed by atoms with Crippen LogP contribution < -0.4 is 16.6 Å². The highest BCUT2D eigenvalue weighted by molar-refractivity contribution is 7.20. The Morgan fingerprint density at radius 3 is 2.77 bits per heavy atom. The van der Waals surface area contributed by atoms with Crippen molar-refractivity contribution < 1.29 is 9.53 Å². The van der Waals surface area contributed by atoms with Crippen LogP contribution >= 0.6 is 11.3 Å². The van der Waals surface area contributed by atoms with E-state index in [0.717, 1.165) is 17.0 Å². The van der Waals surface area contributed by atoms with Crippen molar-refractivity contribution >= 4 is 45.1 Å². The number of thiophene rings is 1. The van der Waals surface area contributed by atoms with Crippen molar-refractivity contribution in [2.24, 2.45) is 7.05 Å². The number of para-hydroxylation sites is 1. The third-order valence-corrected chi connectivity index (χ3v) is 5.44. The average Bonchev–Trinajstić information content (AvgIpc) is 3.06. The fourth-order valence-corrected chi connectivity index (χ4v) is 3.84. The fourth-order valence-electron chi connectivity index (χ4n) is 2.81. The van der Waals surface area contributed by atoms with E-state index in [9.17, 15) is 9.59 Å². The minimum absolute atomic E-state index is 0.000203. The van der Waals surface area contributed by atoms with Crippen LogP contribution in [-0.4, -0.2) is 30.5 Å². The molecule has 0 aliphatic rings. The lowest BCUT2D eigenvalue weighted by Gasteiger charge is -2.08. The molecule has 3 N–H and O–H groups in total. The fraction of sp³-hybridized carbons (Fsp3) is 0.158. The van der Waals surface area contributed by atoms with Crippen LogP contribution in [-0.2, 0) is 18.4 Å². The van der Waals surface area contributed by atoms with Gasteiger partial charge in [-0.05, 0) is 24.6 Å². The van der Waals surface area contributed by atoms with Crippen molar-refractivity contribution in [3.8, 4) is 0 Å². The zero-order chi connectivity index (χ0) is 21.3. The van der Waals surface area contributed by atoms with Crippen LogP contribution in [0.1, 0.15) is 21.1 Å². The van der Waals surface area contributed by atoms with Gasteiger partial charge in [-0.2, -0.15) is 15.0 Å². The summed E-state index contributed by atoms with van der Waals surface area (Å²) in [7, 11) is 1.61. The number of aryl methyl sites for hydroxylation is 2. The maximum absolute atomic E-state index is 12.6. The number of ether oxygens (including phenoxy) is 1. The van der Waals surface area contributed by atoms with Gasteiger partial charge in [0.05, 0.1) is 11.7 Å². The first kappa shape index (κ1) is 19.5. The van der Waals surface area contributed by atoms with E-state index in [4.69, 9.17) is 10.5 Å². The molecule has 0 radical (unpaired) electrons. The normalized spacial score (nSPS) is 10.9. The Labute approximate surface area is 174 Å². The molecule has 10 nitrogen and oxygen atoms in total. The van der Waals surface area contributed by atoms with Crippen molar-refractivity contribution in [1.29, 1.82) is 0 Å². The van der Waals surface area contributed by atoms with Gasteiger partial charge >= 0.3 is 5.97 Å². The lowest BCUT2D eigenvalue weighted by molar-refractivity contribution is 0.0467. The molecule has 0 saturated carbocycles. The molecular weight excluding hydrogens is 406 g/mol. The smallest absolute Gasteiger partial charge is 0.349 e. The molecule has 3 heterocycles.